The van der Waals surface area contributed by atoms with Gasteiger partial charge in [-0.25, -0.2) is 0 Å². The number of phosphoric acid groups is 1. The SMILES string of the molecule is CC(=O)C(=O)[O-].O=P([O-])([O-])[O-]. The number of hydrogen-bond donors (Lipinski definition) is 0. The smallest absolute Gasteiger partial charge is 0.175 e. The standard InChI is InChI=1S/C3H4O3.H3O4P/c1-2(4)3(5)6;1-5(2,3)4/h1H3,(H,5,6);(H3,1,2,3,4)/p-4. The third kappa shape index (κ3) is 46.0. The summed E-state index contributed by atoms with van der Waals surface area (Å²) >= 11 is 0. The van der Waals surface area contributed by atoms with E-state index in [9.17, 15) is 14.7 Å². The van der Waals surface area contributed by atoms with E-state index in [2.05, 4.69) is 0 Å². The van der Waals surface area contributed by atoms with E-state index in [-0.39, 0.29) is 0 Å². The van der Waals surface area contributed by atoms with Gasteiger partial charge < -0.3 is 29.1 Å². The van der Waals surface area contributed by atoms with Crippen molar-refractivity contribution in [2.45, 2.75) is 6.92 Å². The number of rotatable bonds is 1. The largest absolute Gasteiger partial charge is 0.822 e. The van der Waals surface area contributed by atoms with Crippen LogP contribution in [0, 0.1) is 0 Å². The van der Waals surface area contributed by atoms with Gasteiger partial charge in [0, 0.05) is 6.92 Å². The van der Waals surface area contributed by atoms with Gasteiger partial charge in [0.2, 0.25) is 0 Å². The van der Waals surface area contributed by atoms with E-state index < -0.39 is 19.6 Å². The number of carboxylic acids is 1. The van der Waals surface area contributed by atoms with Crippen LogP contribution in [0.25, 0.3) is 0 Å². The van der Waals surface area contributed by atoms with Gasteiger partial charge >= 0.3 is 0 Å². The molecular formula is C3H3O7P-4. The highest BCUT2D eigenvalue weighted by atomic mass is 31.2. The van der Waals surface area contributed by atoms with Crippen LogP contribution in [0.5, 0.6) is 0 Å². The van der Waals surface area contributed by atoms with Crippen LogP contribution in [0.2, 0.25) is 0 Å². The summed E-state index contributed by atoms with van der Waals surface area (Å²) in [6.07, 6.45) is 0. The maximum Gasteiger partial charge on any atom is 0.175 e. The Morgan fingerprint density at radius 3 is 1.27 bits per heavy atom. The van der Waals surface area contributed by atoms with E-state index in [4.69, 9.17) is 19.2 Å². The van der Waals surface area contributed by atoms with Crippen molar-refractivity contribution < 1.29 is 33.9 Å². The number of carbonyl (C=O) groups excluding carboxylic acids is 2. The number of carbonyl (C=O) groups is 2. The lowest BCUT2D eigenvalue weighted by Crippen LogP contribution is -2.29. The van der Waals surface area contributed by atoms with Crippen molar-refractivity contribution in [1.82, 2.24) is 0 Å². The molecule has 0 atom stereocenters. The monoisotopic (exact) mass is 182 g/mol. The van der Waals surface area contributed by atoms with E-state index in [1.807, 2.05) is 0 Å². The lowest BCUT2D eigenvalue weighted by molar-refractivity contribution is -0.432. The second-order valence-corrected chi connectivity index (χ2v) is 2.19. The van der Waals surface area contributed by atoms with Crippen LogP contribution >= 0.6 is 7.82 Å². The van der Waals surface area contributed by atoms with Gasteiger partial charge in [-0.1, -0.05) is 0 Å². The molecular weight excluding hydrogens is 179 g/mol. The highest BCUT2D eigenvalue weighted by molar-refractivity contribution is 7.40. The van der Waals surface area contributed by atoms with Crippen LogP contribution in [0.4, 0.5) is 0 Å². The zero-order valence-corrected chi connectivity index (χ0v) is 6.20. The average molecular weight is 182 g/mol. The Balaban J connectivity index is 0. The highest BCUT2D eigenvalue weighted by Gasteiger charge is 1.85. The summed E-state index contributed by atoms with van der Waals surface area (Å²) in [7, 11) is -5.39. The molecule has 0 amide bonds. The van der Waals surface area contributed by atoms with Gasteiger partial charge in [0.05, 0.1) is 0 Å². The number of hydrogen-bond acceptors (Lipinski definition) is 7. The first-order valence-corrected chi connectivity index (χ1v) is 3.55. The van der Waals surface area contributed by atoms with Crippen LogP contribution in [-0.2, 0) is 14.2 Å². The molecule has 0 aromatic heterocycles. The minimum atomic E-state index is -5.39. The quantitative estimate of drug-likeness (QED) is 0.293. The van der Waals surface area contributed by atoms with Gasteiger partial charge in [0.25, 0.3) is 0 Å². The summed E-state index contributed by atoms with van der Waals surface area (Å²) in [6.45, 7) is 0.940. The molecule has 7 nitrogen and oxygen atoms in total. The maximum absolute atomic E-state index is 9.48. The number of Topliss-reactive ketones (excluding diaryl/α,β-unsaturated/α-hetero) is 1. The second-order valence-electron chi connectivity index (χ2n) is 1.29. The zero-order chi connectivity index (χ0) is 9.65. The average Bonchev–Trinajstić information content (AvgIpc) is 1.59. The second kappa shape index (κ2) is 4.97. The van der Waals surface area contributed by atoms with Gasteiger partial charge in [0.15, 0.2) is 5.78 Å². The molecule has 0 bridgehead atoms. The molecule has 0 aromatic rings. The van der Waals surface area contributed by atoms with Crippen molar-refractivity contribution in [3.8, 4) is 0 Å². The minimum Gasteiger partial charge on any atom is -0.822 e. The van der Waals surface area contributed by atoms with Crippen LogP contribution in [0.1, 0.15) is 6.92 Å². The normalized spacial score (nSPS) is 9.45. The molecule has 0 saturated heterocycles. The topological polar surface area (TPSA) is 143 Å². The molecule has 0 aliphatic carbocycles. The lowest BCUT2D eigenvalue weighted by atomic mass is 10.5. The van der Waals surface area contributed by atoms with Crippen molar-refractivity contribution >= 4 is 19.6 Å². The first-order valence-electron chi connectivity index (χ1n) is 2.09. The van der Waals surface area contributed by atoms with Crippen molar-refractivity contribution in [3.05, 3.63) is 0 Å². The molecule has 0 unspecified atom stereocenters. The molecule has 0 aromatic carbocycles. The number of ketones is 1. The Morgan fingerprint density at radius 1 is 1.18 bits per heavy atom. The van der Waals surface area contributed by atoms with Gasteiger partial charge in [-0.15, -0.1) is 0 Å². The Morgan fingerprint density at radius 2 is 1.27 bits per heavy atom. The van der Waals surface area contributed by atoms with Crippen LogP contribution in [-0.4, -0.2) is 11.8 Å². The lowest BCUT2D eigenvalue weighted by Gasteiger charge is -2.36. The van der Waals surface area contributed by atoms with Crippen molar-refractivity contribution in [2.75, 3.05) is 0 Å². The molecule has 11 heavy (non-hydrogen) atoms. The van der Waals surface area contributed by atoms with E-state index in [1.165, 1.54) is 0 Å². The summed E-state index contributed by atoms with van der Waals surface area (Å²) in [5.41, 5.74) is 0. The van der Waals surface area contributed by atoms with E-state index in [0.29, 0.717) is 0 Å². The zero-order valence-electron chi connectivity index (χ0n) is 5.30. The Labute approximate surface area is 61.5 Å². The Kier molecular flexibility index (Phi) is 5.83. The molecule has 0 heterocycles. The van der Waals surface area contributed by atoms with Gasteiger partial charge in [0.1, 0.15) is 5.97 Å². The van der Waals surface area contributed by atoms with Gasteiger partial charge in [-0.3, -0.25) is 4.79 Å². The Bertz CT molecular complexity index is 170. The van der Waals surface area contributed by atoms with Crippen LogP contribution < -0.4 is 19.8 Å². The molecule has 0 radical (unpaired) electrons. The van der Waals surface area contributed by atoms with E-state index >= 15 is 0 Å². The molecule has 0 spiro atoms. The fourth-order valence-corrected chi connectivity index (χ4v) is 0. The van der Waals surface area contributed by atoms with Gasteiger partial charge in [-0.05, 0) is 0 Å². The van der Waals surface area contributed by atoms with E-state index in [0.717, 1.165) is 6.92 Å². The van der Waals surface area contributed by atoms with Gasteiger partial charge in [-0.2, -0.15) is 7.82 Å². The first-order chi connectivity index (χ1) is 4.64. The summed E-state index contributed by atoms with van der Waals surface area (Å²) < 4.78 is 8.55. The first kappa shape index (κ1) is 12.9. The van der Waals surface area contributed by atoms with Crippen molar-refractivity contribution in [2.24, 2.45) is 0 Å². The Hall–Kier alpha value is -0.750. The van der Waals surface area contributed by atoms with Crippen molar-refractivity contribution in [3.63, 3.8) is 0 Å². The minimum absolute atomic E-state index is 0.935. The summed E-state index contributed by atoms with van der Waals surface area (Å²) in [5.74, 6) is -2.56. The fraction of sp³-hybridized carbons (Fsp3) is 0.333. The fourth-order valence-electron chi connectivity index (χ4n) is 0. The van der Waals surface area contributed by atoms with Crippen molar-refractivity contribution in [1.29, 1.82) is 0 Å². The predicted molar refractivity (Wildman–Crippen MR) is 23.3 cm³/mol. The molecule has 0 saturated carbocycles. The summed E-state index contributed by atoms with van der Waals surface area (Å²) in [5, 5.41) is 9.24. The highest BCUT2D eigenvalue weighted by Crippen LogP contribution is 2.03. The molecule has 8 heteroatoms. The number of aliphatic carboxylic acids is 1. The molecule has 0 rings (SSSR count). The summed E-state index contributed by atoms with van der Waals surface area (Å²) in [6, 6.07) is 0. The predicted octanol–water partition coefficient (Wildman–Crippen LogP) is -4.50. The number of carboxylic acid groups (broad SMARTS) is 1. The molecule has 0 aliphatic rings. The molecule has 66 valence electrons. The molecule has 0 aliphatic heterocycles. The third-order valence-corrected chi connectivity index (χ3v) is 0.287. The summed E-state index contributed by atoms with van der Waals surface area (Å²) in [4.78, 5) is 44.4. The molecule has 0 N–H and O–H groups in total. The van der Waals surface area contributed by atoms with Crippen LogP contribution in [0.15, 0.2) is 0 Å². The van der Waals surface area contributed by atoms with E-state index in [1.54, 1.807) is 0 Å². The molecule has 0 fully saturated rings. The maximum atomic E-state index is 9.48. The van der Waals surface area contributed by atoms with Crippen LogP contribution in [0.3, 0.4) is 0 Å². The third-order valence-electron chi connectivity index (χ3n) is 0.287.